The third kappa shape index (κ3) is 9.66. The SMILES string of the molecule is CCc1ccc(N)nc1.[CH2-]C.[CH2-]C.[Zn+2]. The van der Waals surface area contributed by atoms with Gasteiger partial charge in [0.1, 0.15) is 5.82 Å². The average Bonchev–Trinajstić information content (AvgIpc) is 2.25. The summed E-state index contributed by atoms with van der Waals surface area (Å²) in [6.45, 7) is 12.1. The summed E-state index contributed by atoms with van der Waals surface area (Å²) in [4.78, 5) is 3.93. The molecular weight excluding hydrogens is 226 g/mol. The van der Waals surface area contributed by atoms with Crippen LogP contribution in [-0.2, 0) is 25.9 Å². The maximum absolute atomic E-state index is 5.37. The first-order valence-electron chi connectivity index (χ1n) is 4.44. The Bertz CT molecular complexity index is 185. The monoisotopic (exact) mass is 244 g/mol. The predicted molar refractivity (Wildman–Crippen MR) is 60.1 cm³/mol. The van der Waals surface area contributed by atoms with Gasteiger partial charge in [-0.2, -0.15) is 13.8 Å². The van der Waals surface area contributed by atoms with Crippen LogP contribution in [0.3, 0.4) is 0 Å². The molecule has 0 aromatic carbocycles. The van der Waals surface area contributed by atoms with Crippen LogP contribution in [0.4, 0.5) is 5.82 Å². The van der Waals surface area contributed by atoms with Crippen molar-refractivity contribution in [3.05, 3.63) is 37.7 Å². The average molecular weight is 246 g/mol. The van der Waals surface area contributed by atoms with Gasteiger partial charge in [-0.25, -0.2) is 4.98 Å². The van der Waals surface area contributed by atoms with Crippen LogP contribution < -0.4 is 5.73 Å². The molecule has 76 valence electrons. The molecule has 2 N–H and O–H groups in total. The van der Waals surface area contributed by atoms with Crippen LogP contribution in [0.1, 0.15) is 26.3 Å². The van der Waals surface area contributed by atoms with Crippen molar-refractivity contribution in [1.82, 2.24) is 4.98 Å². The first-order chi connectivity index (χ1) is 6.33. The van der Waals surface area contributed by atoms with Crippen molar-refractivity contribution in [1.29, 1.82) is 0 Å². The van der Waals surface area contributed by atoms with E-state index in [1.165, 1.54) is 5.56 Å². The molecule has 0 unspecified atom stereocenters. The van der Waals surface area contributed by atoms with Gasteiger partial charge in [-0.15, -0.1) is 0 Å². The summed E-state index contributed by atoms with van der Waals surface area (Å²) in [5.41, 5.74) is 6.60. The van der Waals surface area contributed by atoms with E-state index in [1.54, 1.807) is 20.0 Å². The zero-order chi connectivity index (χ0) is 10.7. The van der Waals surface area contributed by atoms with E-state index >= 15 is 0 Å². The summed E-state index contributed by atoms with van der Waals surface area (Å²) in [6, 6.07) is 3.81. The Morgan fingerprint density at radius 1 is 1.21 bits per heavy atom. The summed E-state index contributed by atoms with van der Waals surface area (Å²) in [7, 11) is 0. The number of rotatable bonds is 1. The van der Waals surface area contributed by atoms with Gasteiger partial charge in [-0.05, 0) is 18.1 Å². The largest absolute Gasteiger partial charge is 2.00 e. The number of hydrogen-bond donors (Lipinski definition) is 1. The van der Waals surface area contributed by atoms with E-state index in [4.69, 9.17) is 5.73 Å². The molecule has 0 saturated carbocycles. The maximum atomic E-state index is 5.37. The van der Waals surface area contributed by atoms with Gasteiger partial charge in [0, 0.05) is 6.20 Å². The zero-order valence-corrected chi connectivity index (χ0v) is 12.6. The molecule has 0 aliphatic rings. The standard InChI is InChI=1S/C7H10N2.2C2H5.Zn/c1-2-6-3-4-7(8)9-5-6;2*1-2;/h3-5H,2H2,1H3,(H2,8,9);2*1H2,2H3;/q;2*-1;+2. The molecule has 14 heavy (non-hydrogen) atoms. The second-order valence-corrected chi connectivity index (χ2v) is 1.94. The number of pyridine rings is 1. The van der Waals surface area contributed by atoms with E-state index in [-0.39, 0.29) is 19.5 Å². The van der Waals surface area contributed by atoms with Gasteiger partial charge >= 0.3 is 19.5 Å². The molecule has 2 nitrogen and oxygen atoms in total. The first-order valence-corrected chi connectivity index (χ1v) is 4.44. The van der Waals surface area contributed by atoms with Gasteiger partial charge in [-0.1, -0.05) is 13.0 Å². The van der Waals surface area contributed by atoms with E-state index in [1.807, 2.05) is 12.1 Å². The zero-order valence-electron chi connectivity index (χ0n) is 9.59. The fraction of sp³-hybridized carbons (Fsp3) is 0.364. The Hall–Kier alpha value is -0.427. The van der Waals surface area contributed by atoms with Crippen LogP contribution in [0, 0.1) is 13.8 Å². The number of hydrogen-bond acceptors (Lipinski definition) is 2. The van der Waals surface area contributed by atoms with E-state index < -0.39 is 0 Å². The van der Waals surface area contributed by atoms with Crippen molar-refractivity contribution in [3.8, 4) is 0 Å². The number of nitrogen functional groups attached to an aromatic ring is 1. The summed E-state index contributed by atoms with van der Waals surface area (Å²) in [5.74, 6) is 0.590. The Kier molecular flexibility index (Phi) is 20.7. The predicted octanol–water partition coefficient (Wildman–Crippen LogP) is 2.90. The Labute approximate surface area is 101 Å². The van der Waals surface area contributed by atoms with Crippen LogP contribution in [0.2, 0.25) is 0 Å². The number of aryl methyl sites for hydroxylation is 1. The van der Waals surface area contributed by atoms with E-state index in [2.05, 4.69) is 25.8 Å². The van der Waals surface area contributed by atoms with Gasteiger partial charge in [0.2, 0.25) is 0 Å². The number of nitrogens with zero attached hydrogens (tertiary/aromatic N) is 1. The minimum Gasteiger partial charge on any atom is -0.384 e. The minimum absolute atomic E-state index is 0. The normalized spacial score (nSPS) is 6.93. The summed E-state index contributed by atoms with van der Waals surface area (Å²) in [6.07, 6.45) is 2.82. The fourth-order valence-electron chi connectivity index (χ4n) is 0.645. The molecule has 1 rings (SSSR count). The third-order valence-corrected chi connectivity index (χ3v) is 1.26. The number of aromatic nitrogens is 1. The quantitative estimate of drug-likeness (QED) is 0.610. The van der Waals surface area contributed by atoms with Crippen molar-refractivity contribution >= 4 is 5.82 Å². The molecule has 1 aromatic heterocycles. The van der Waals surface area contributed by atoms with Gasteiger partial charge in [0.15, 0.2) is 0 Å². The molecule has 0 aliphatic heterocycles. The third-order valence-electron chi connectivity index (χ3n) is 1.26. The van der Waals surface area contributed by atoms with E-state index in [0.717, 1.165) is 6.42 Å². The molecule has 0 fully saturated rings. The minimum atomic E-state index is 0. The molecule has 0 amide bonds. The number of anilines is 1. The van der Waals surface area contributed by atoms with Gasteiger partial charge in [0.05, 0.1) is 0 Å². The Balaban J connectivity index is -0.000000216. The molecular formula is C11H20N2Zn. The molecule has 0 saturated heterocycles. The van der Waals surface area contributed by atoms with Crippen molar-refractivity contribution in [2.24, 2.45) is 0 Å². The van der Waals surface area contributed by atoms with Crippen LogP contribution in [0.15, 0.2) is 18.3 Å². The molecule has 0 bridgehead atoms. The van der Waals surface area contributed by atoms with E-state index in [0.29, 0.717) is 5.82 Å². The molecule has 0 radical (unpaired) electrons. The van der Waals surface area contributed by atoms with Crippen LogP contribution >= 0.6 is 0 Å². The van der Waals surface area contributed by atoms with Crippen LogP contribution in [0.5, 0.6) is 0 Å². The molecule has 0 spiro atoms. The van der Waals surface area contributed by atoms with Crippen LogP contribution in [-0.4, -0.2) is 4.98 Å². The molecule has 0 aliphatic carbocycles. The van der Waals surface area contributed by atoms with Gasteiger partial charge in [0.25, 0.3) is 0 Å². The van der Waals surface area contributed by atoms with E-state index in [9.17, 15) is 0 Å². The maximum Gasteiger partial charge on any atom is 2.00 e. The van der Waals surface area contributed by atoms with Crippen molar-refractivity contribution in [2.45, 2.75) is 27.2 Å². The van der Waals surface area contributed by atoms with Crippen LogP contribution in [0.25, 0.3) is 0 Å². The van der Waals surface area contributed by atoms with Crippen molar-refractivity contribution < 1.29 is 19.5 Å². The number of nitrogens with two attached hydrogens (primary N) is 1. The second kappa shape index (κ2) is 15.1. The molecule has 3 heteroatoms. The summed E-state index contributed by atoms with van der Waals surface area (Å²) < 4.78 is 0. The van der Waals surface area contributed by atoms with Crippen molar-refractivity contribution in [3.63, 3.8) is 0 Å². The first kappa shape index (κ1) is 19.2. The Morgan fingerprint density at radius 2 is 1.71 bits per heavy atom. The summed E-state index contributed by atoms with van der Waals surface area (Å²) in [5, 5.41) is 0. The fourth-order valence-corrected chi connectivity index (χ4v) is 0.645. The molecule has 1 aromatic rings. The topological polar surface area (TPSA) is 38.9 Å². The molecule has 1 heterocycles. The summed E-state index contributed by atoms with van der Waals surface area (Å²) >= 11 is 0. The van der Waals surface area contributed by atoms with Gasteiger partial charge in [-0.3, -0.25) is 0 Å². The molecule has 0 atom stereocenters. The van der Waals surface area contributed by atoms with Gasteiger partial charge < -0.3 is 19.6 Å². The smallest absolute Gasteiger partial charge is 0.384 e. The van der Waals surface area contributed by atoms with Crippen molar-refractivity contribution in [2.75, 3.05) is 5.73 Å². The second-order valence-electron chi connectivity index (χ2n) is 1.94. The Morgan fingerprint density at radius 3 is 2.00 bits per heavy atom.